The average molecular weight is 237 g/mol. The molecular formula is C9H10F3NO3. The predicted molar refractivity (Wildman–Crippen MR) is 49.1 cm³/mol. The van der Waals surface area contributed by atoms with Crippen molar-refractivity contribution >= 4 is 0 Å². The van der Waals surface area contributed by atoms with Gasteiger partial charge in [0.1, 0.15) is 0 Å². The monoisotopic (exact) mass is 237 g/mol. The Hall–Kier alpha value is -1.50. The van der Waals surface area contributed by atoms with Crippen LogP contribution in [0.5, 0.6) is 5.75 Å². The number of aromatic nitrogens is 1. The largest absolute Gasteiger partial charge is 0.503 e. The molecule has 0 aliphatic heterocycles. The molecule has 0 bridgehead atoms. The fourth-order valence-electron chi connectivity index (χ4n) is 1.22. The van der Waals surface area contributed by atoms with Gasteiger partial charge in [-0.05, 0) is 6.42 Å². The summed E-state index contributed by atoms with van der Waals surface area (Å²) in [6.07, 6.45) is -6.80. The van der Waals surface area contributed by atoms with Gasteiger partial charge in [-0.15, -0.1) is 0 Å². The Morgan fingerprint density at radius 1 is 1.50 bits per heavy atom. The molecule has 0 fully saturated rings. The normalized spacial score (nSPS) is 13.8. The Labute approximate surface area is 88.4 Å². The highest BCUT2D eigenvalue weighted by Crippen LogP contribution is 2.31. The molecular weight excluding hydrogens is 227 g/mol. The highest BCUT2D eigenvalue weighted by molar-refractivity contribution is 5.31. The number of aliphatic hydroxyl groups is 1. The SMILES string of the molecule is CCc1[nH]cc(C(O)C(F)(F)F)c(=O)c1O. The van der Waals surface area contributed by atoms with Crippen LogP contribution in [0.3, 0.4) is 0 Å². The maximum absolute atomic E-state index is 12.1. The van der Waals surface area contributed by atoms with Crippen LogP contribution >= 0.6 is 0 Å². The van der Waals surface area contributed by atoms with Crippen molar-refractivity contribution in [2.24, 2.45) is 0 Å². The molecule has 16 heavy (non-hydrogen) atoms. The molecule has 1 aromatic rings. The van der Waals surface area contributed by atoms with Gasteiger partial charge < -0.3 is 15.2 Å². The van der Waals surface area contributed by atoms with E-state index in [-0.39, 0.29) is 12.1 Å². The molecule has 1 atom stereocenters. The van der Waals surface area contributed by atoms with Crippen molar-refractivity contribution in [2.75, 3.05) is 0 Å². The third-order valence-electron chi connectivity index (χ3n) is 2.12. The van der Waals surface area contributed by atoms with E-state index in [2.05, 4.69) is 4.98 Å². The number of pyridine rings is 1. The molecule has 0 amide bonds. The van der Waals surface area contributed by atoms with Gasteiger partial charge >= 0.3 is 6.18 Å². The third-order valence-corrected chi connectivity index (χ3v) is 2.12. The van der Waals surface area contributed by atoms with Crippen LogP contribution < -0.4 is 5.43 Å². The number of aromatic amines is 1. The molecule has 1 rings (SSSR count). The van der Waals surface area contributed by atoms with Crippen LogP contribution in [0.4, 0.5) is 13.2 Å². The minimum absolute atomic E-state index is 0.128. The summed E-state index contributed by atoms with van der Waals surface area (Å²) < 4.78 is 36.4. The number of nitrogens with one attached hydrogen (secondary N) is 1. The zero-order valence-electron chi connectivity index (χ0n) is 8.30. The van der Waals surface area contributed by atoms with E-state index >= 15 is 0 Å². The molecule has 4 nitrogen and oxygen atoms in total. The molecule has 0 aliphatic carbocycles. The number of aliphatic hydroxyl groups excluding tert-OH is 1. The molecule has 0 saturated carbocycles. The Bertz CT molecular complexity index is 439. The molecule has 0 spiro atoms. The zero-order valence-corrected chi connectivity index (χ0v) is 8.30. The van der Waals surface area contributed by atoms with Gasteiger partial charge in [0.15, 0.2) is 11.9 Å². The molecule has 0 saturated heterocycles. The molecule has 7 heteroatoms. The first-order valence-corrected chi connectivity index (χ1v) is 4.47. The van der Waals surface area contributed by atoms with Crippen molar-refractivity contribution in [1.82, 2.24) is 4.98 Å². The zero-order chi connectivity index (χ0) is 12.5. The van der Waals surface area contributed by atoms with Crippen molar-refractivity contribution in [3.05, 3.63) is 27.7 Å². The minimum atomic E-state index is -4.94. The van der Waals surface area contributed by atoms with E-state index in [0.29, 0.717) is 0 Å². The summed E-state index contributed by atoms with van der Waals surface area (Å²) in [6.45, 7) is 1.62. The first kappa shape index (κ1) is 12.6. The van der Waals surface area contributed by atoms with E-state index < -0.39 is 29.0 Å². The smallest absolute Gasteiger partial charge is 0.418 e. The number of H-pyrrole nitrogens is 1. The number of aromatic hydroxyl groups is 1. The van der Waals surface area contributed by atoms with Gasteiger partial charge in [-0.25, -0.2) is 0 Å². The van der Waals surface area contributed by atoms with E-state index in [1.54, 1.807) is 6.92 Å². The lowest BCUT2D eigenvalue weighted by atomic mass is 10.1. The number of hydrogen-bond donors (Lipinski definition) is 3. The molecule has 90 valence electrons. The summed E-state index contributed by atoms with van der Waals surface area (Å²) in [4.78, 5) is 13.6. The van der Waals surface area contributed by atoms with Crippen LogP contribution in [0.2, 0.25) is 0 Å². The average Bonchev–Trinajstić information content (AvgIpc) is 2.20. The summed E-state index contributed by atoms with van der Waals surface area (Å²) >= 11 is 0. The molecule has 0 aromatic carbocycles. The number of halogens is 3. The quantitative estimate of drug-likeness (QED) is 0.724. The highest BCUT2D eigenvalue weighted by atomic mass is 19.4. The van der Waals surface area contributed by atoms with Crippen LogP contribution in [0.15, 0.2) is 11.0 Å². The lowest BCUT2D eigenvalue weighted by molar-refractivity contribution is -0.207. The second-order valence-corrected chi connectivity index (χ2v) is 3.20. The summed E-state index contributed by atoms with van der Waals surface area (Å²) in [6, 6.07) is 0. The molecule has 3 N–H and O–H groups in total. The van der Waals surface area contributed by atoms with E-state index in [0.717, 1.165) is 6.20 Å². The first-order chi connectivity index (χ1) is 7.29. The second-order valence-electron chi connectivity index (χ2n) is 3.20. The van der Waals surface area contributed by atoms with Crippen LogP contribution in [0, 0.1) is 0 Å². The van der Waals surface area contributed by atoms with Gasteiger partial charge in [-0.1, -0.05) is 6.92 Å². The van der Waals surface area contributed by atoms with E-state index in [1.807, 2.05) is 0 Å². The van der Waals surface area contributed by atoms with E-state index in [1.165, 1.54) is 0 Å². The van der Waals surface area contributed by atoms with E-state index in [9.17, 15) is 23.1 Å². The maximum atomic E-state index is 12.1. The number of rotatable bonds is 2. The molecule has 0 radical (unpaired) electrons. The topological polar surface area (TPSA) is 73.3 Å². The van der Waals surface area contributed by atoms with Gasteiger partial charge in [0.25, 0.3) is 0 Å². The van der Waals surface area contributed by atoms with Gasteiger partial charge in [0, 0.05) is 6.20 Å². The van der Waals surface area contributed by atoms with Crippen molar-refractivity contribution in [2.45, 2.75) is 25.6 Å². The summed E-state index contributed by atoms with van der Waals surface area (Å²) in [5, 5.41) is 18.1. The lowest BCUT2D eigenvalue weighted by Crippen LogP contribution is -2.26. The van der Waals surface area contributed by atoms with Crippen LogP contribution in [-0.2, 0) is 6.42 Å². The number of hydrogen-bond acceptors (Lipinski definition) is 3. The minimum Gasteiger partial charge on any atom is -0.503 e. The van der Waals surface area contributed by atoms with Crippen LogP contribution in [0.25, 0.3) is 0 Å². The van der Waals surface area contributed by atoms with Gasteiger partial charge in [0.2, 0.25) is 5.43 Å². The van der Waals surface area contributed by atoms with Crippen molar-refractivity contribution < 1.29 is 23.4 Å². The fraction of sp³-hybridized carbons (Fsp3) is 0.444. The lowest BCUT2D eigenvalue weighted by Gasteiger charge is -2.14. The standard InChI is InChI=1S/C9H10F3NO3/c1-2-5-7(15)6(14)4(3-13-5)8(16)9(10,11)12/h3,8,15-16H,2H2,1H3,(H,13,14). The Morgan fingerprint density at radius 2 is 2.06 bits per heavy atom. The van der Waals surface area contributed by atoms with Gasteiger partial charge in [-0.2, -0.15) is 13.2 Å². The fourth-order valence-corrected chi connectivity index (χ4v) is 1.22. The molecule has 1 aromatic heterocycles. The van der Waals surface area contributed by atoms with Crippen molar-refractivity contribution in [1.29, 1.82) is 0 Å². The maximum Gasteiger partial charge on any atom is 0.418 e. The number of aryl methyl sites for hydroxylation is 1. The Balaban J connectivity index is 3.28. The number of alkyl halides is 3. The van der Waals surface area contributed by atoms with Crippen molar-refractivity contribution in [3.8, 4) is 5.75 Å². The molecule has 1 heterocycles. The van der Waals surface area contributed by atoms with Gasteiger partial charge in [0.05, 0.1) is 11.3 Å². The summed E-state index contributed by atoms with van der Waals surface area (Å²) in [7, 11) is 0. The van der Waals surface area contributed by atoms with Crippen molar-refractivity contribution in [3.63, 3.8) is 0 Å². The summed E-state index contributed by atoms with van der Waals surface area (Å²) in [5.41, 5.74) is -1.99. The summed E-state index contributed by atoms with van der Waals surface area (Å²) in [5.74, 6) is -0.789. The molecule has 1 unspecified atom stereocenters. The highest BCUT2D eigenvalue weighted by Gasteiger charge is 2.41. The van der Waals surface area contributed by atoms with Gasteiger partial charge in [-0.3, -0.25) is 4.79 Å². The second kappa shape index (κ2) is 4.17. The third kappa shape index (κ3) is 2.19. The van der Waals surface area contributed by atoms with Crippen LogP contribution in [-0.4, -0.2) is 21.4 Å². The Kier molecular flexibility index (Phi) is 3.27. The van der Waals surface area contributed by atoms with Crippen LogP contribution in [0.1, 0.15) is 24.3 Å². The molecule has 0 aliphatic rings. The first-order valence-electron chi connectivity index (χ1n) is 4.47. The van der Waals surface area contributed by atoms with E-state index in [4.69, 9.17) is 5.11 Å². The Morgan fingerprint density at radius 3 is 2.50 bits per heavy atom. The predicted octanol–water partition coefficient (Wildman–Crippen LogP) is 1.24.